The van der Waals surface area contributed by atoms with E-state index in [0.717, 1.165) is 0 Å². The van der Waals surface area contributed by atoms with Crippen molar-refractivity contribution < 1.29 is 18.3 Å². The number of rotatable bonds is 4. The monoisotopic (exact) mass is 228 g/mol. The van der Waals surface area contributed by atoms with Crippen LogP contribution in [0.4, 0.5) is 8.78 Å². The molecule has 2 nitrogen and oxygen atoms in total. The van der Waals surface area contributed by atoms with Crippen molar-refractivity contribution in [3.05, 3.63) is 35.6 Å². The van der Waals surface area contributed by atoms with Gasteiger partial charge in [0.15, 0.2) is 0 Å². The van der Waals surface area contributed by atoms with Gasteiger partial charge in [-0.2, -0.15) is 0 Å². The predicted octanol–water partition coefficient (Wildman–Crippen LogP) is 3.12. The van der Waals surface area contributed by atoms with Crippen molar-refractivity contribution in [1.82, 2.24) is 0 Å². The Labute approximate surface area is 93.2 Å². The third-order valence-corrected chi connectivity index (χ3v) is 2.01. The highest BCUT2D eigenvalue weighted by molar-refractivity contribution is 5.89. The average Bonchev–Trinajstić information content (AvgIpc) is 2.16. The summed E-state index contributed by atoms with van der Waals surface area (Å²) in [7, 11) is 0. The van der Waals surface area contributed by atoms with Crippen LogP contribution in [0.5, 0.6) is 0 Å². The molecule has 1 rings (SSSR count). The van der Waals surface area contributed by atoms with Gasteiger partial charge >= 0.3 is 5.97 Å². The Bertz CT molecular complexity index is 352. The molecule has 0 atom stereocenters. The summed E-state index contributed by atoms with van der Waals surface area (Å²) >= 11 is 0. The second-order valence-electron chi connectivity index (χ2n) is 4.11. The first-order valence-electron chi connectivity index (χ1n) is 5.00. The van der Waals surface area contributed by atoms with Crippen molar-refractivity contribution in [1.29, 1.82) is 0 Å². The summed E-state index contributed by atoms with van der Waals surface area (Å²) < 4.78 is 30.5. The molecule has 0 saturated carbocycles. The summed E-state index contributed by atoms with van der Waals surface area (Å²) in [5.74, 6) is -0.981. The fraction of sp³-hybridized carbons (Fsp3) is 0.417. The normalized spacial score (nSPS) is 11.2. The maximum atomic E-state index is 13.1. The summed E-state index contributed by atoms with van der Waals surface area (Å²) in [6.45, 7) is 2.84. The van der Waals surface area contributed by atoms with Gasteiger partial charge < -0.3 is 4.74 Å². The van der Waals surface area contributed by atoms with Crippen LogP contribution in [0.2, 0.25) is 0 Å². The van der Waals surface area contributed by atoms with Gasteiger partial charge in [0.1, 0.15) is 11.5 Å². The van der Waals surface area contributed by atoms with E-state index in [2.05, 4.69) is 0 Å². The van der Waals surface area contributed by atoms with Gasteiger partial charge in [0.25, 0.3) is 0 Å². The minimum absolute atomic E-state index is 0.0136. The highest BCUT2D eigenvalue weighted by Crippen LogP contribution is 2.14. The molecule has 0 radical (unpaired) electrons. The summed E-state index contributed by atoms with van der Waals surface area (Å²) in [6.07, 6.45) is 0.139. The smallest absolute Gasteiger partial charge is 0.338 e. The lowest BCUT2D eigenvalue weighted by Crippen LogP contribution is -2.17. The van der Waals surface area contributed by atoms with E-state index < -0.39 is 17.5 Å². The highest BCUT2D eigenvalue weighted by atomic mass is 19.1. The summed E-state index contributed by atoms with van der Waals surface area (Å²) in [6, 6.07) is 5.02. The van der Waals surface area contributed by atoms with Crippen LogP contribution >= 0.6 is 0 Å². The van der Waals surface area contributed by atoms with Crippen molar-refractivity contribution in [3.63, 3.8) is 0 Å². The van der Waals surface area contributed by atoms with Crippen molar-refractivity contribution >= 4 is 5.97 Å². The van der Waals surface area contributed by atoms with Gasteiger partial charge in [-0.25, -0.2) is 13.6 Å². The fourth-order valence-electron chi connectivity index (χ4n) is 1.06. The van der Waals surface area contributed by atoms with E-state index in [-0.39, 0.29) is 18.6 Å². The Morgan fingerprint density at radius 1 is 1.31 bits per heavy atom. The largest absolute Gasteiger partial charge is 0.462 e. The van der Waals surface area contributed by atoms with E-state index in [0.29, 0.717) is 0 Å². The molecule has 0 aliphatic carbocycles. The fourth-order valence-corrected chi connectivity index (χ4v) is 1.06. The SMILES string of the molecule is CC(C)(F)CCOC(=O)c1ccc(F)cc1. The molecule has 0 fully saturated rings. The maximum Gasteiger partial charge on any atom is 0.338 e. The van der Waals surface area contributed by atoms with Gasteiger partial charge in [-0.3, -0.25) is 0 Å². The molecular weight excluding hydrogens is 214 g/mol. The quantitative estimate of drug-likeness (QED) is 0.740. The number of hydrogen-bond donors (Lipinski definition) is 0. The lowest BCUT2D eigenvalue weighted by atomic mass is 10.1. The maximum absolute atomic E-state index is 13.1. The Balaban J connectivity index is 2.44. The number of carbonyl (C=O) groups excluding carboxylic acids is 1. The molecule has 0 unspecified atom stereocenters. The molecule has 0 amide bonds. The second-order valence-corrected chi connectivity index (χ2v) is 4.11. The Morgan fingerprint density at radius 3 is 2.38 bits per heavy atom. The predicted molar refractivity (Wildman–Crippen MR) is 56.5 cm³/mol. The first-order valence-corrected chi connectivity index (χ1v) is 5.00. The number of ether oxygens (including phenoxy) is 1. The number of hydrogen-bond acceptors (Lipinski definition) is 2. The molecule has 16 heavy (non-hydrogen) atoms. The van der Waals surface area contributed by atoms with Crippen LogP contribution in [0.25, 0.3) is 0 Å². The molecule has 0 bridgehead atoms. The van der Waals surface area contributed by atoms with Crippen LogP contribution in [-0.4, -0.2) is 18.2 Å². The zero-order chi connectivity index (χ0) is 12.2. The topological polar surface area (TPSA) is 26.3 Å². The van der Waals surface area contributed by atoms with Crippen LogP contribution < -0.4 is 0 Å². The third kappa shape index (κ3) is 4.38. The minimum atomic E-state index is -1.36. The van der Waals surface area contributed by atoms with Gasteiger partial charge in [-0.05, 0) is 38.1 Å². The molecule has 4 heteroatoms. The lowest BCUT2D eigenvalue weighted by molar-refractivity contribution is 0.0432. The first kappa shape index (κ1) is 12.6. The Morgan fingerprint density at radius 2 is 1.88 bits per heavy atom. The van der Waals surface area contributed by atoms with E-state index in [1.54, 1.807) is 0 Å². The molecule has 0 heterocycles. The average molecular weight is 228 g/mol. The van der Waals surface area contributed by atoms with Crippen LogP contribution in [-0.2, 0) is 4.74 Å². The molecular formula is C12H14F2O2. The zero-order valence-electron chi connectivity index (χ0n) is 9.30. The van der Waals surface area contributed by atoms with Crippen LogP contribution in [0.1, 0.15) is 30.6 Å². The molecule has 1 aromatic rings. The Hall–Kier alpha value is -1.45. The third-order valence-electron chi connectivity index (χ3n) is 2.01. The van der Waals surface area contributed by atoms with Gasteiger partial charge in [0.05, 0.1) is 12.2 Å². The van der Waals surface area contributed by atoms with Crippen molar-refractivity contribution in [2.75, 3.05) is 6.61 Å². The molecule has 0 aliphatic heterocycles. The highest BCUT2D eigenvalue weighted by Gasteiger charge is 2.16. The number of carbonyl (C=O) groups is 1. The van der Waals surface area contributed by atoms with E-state index >= 15 is 0 Å². The van der Waals surface area contributed by atoms with Gasteiger partial charge in [-0.1, -0.05) is 0 Å². The number of esters is 1. The van der Waals surface area contributed by atoms with Crippen molar-refractivity contribution in [2.24, 2.45) is 0 Å². The summed E-state index contributed by atoms with van der Waals surface area (Å²) in [5.41, 5.74) is -1.10. The van der Waals surface area contributed by atoms with E-state index in [1.807, 2.05) is 0 Å². The number of halogens is 2. The van der Waals surface area contributed by atoms with Gasteiger partial charge in [0, 0.05) is 6.42 Å². The standard InChI is InChI=1S/C12H14F2O2/c1-12(2,14)7-8-16-11(15)9-3-5-10(13)6-4-9/h3-6H,7-8H2,1-2H3. The summed E-state index contributed by atoms with van der Waals surface area (Å²) in [5, 5.41) is 0. The van der Waals surface area contributed by atoms with Gasteiger partial charge in [-0.15, -0.1) is 0 Å². The minimum Gasteiger partial charge on any atom is -0.462 e. The van der Waals surface area contributed by atoms with E-state index in [1.165, 1.54) is 38.1 Å². The van der Waals surface area contributed by atoms with Crippen LogP contribution in [0.3, 0.4) is 0 Å². The first-order chi connectivity index (χ1) is 7.38. The molecule has 0 aromatic heterocycles. The van der Waals surface area contributed by atoms with Crippen LogP contribution in [0.15, 0.2) is 24.3 Å². The summed E-state index contributed by atoms with van der Waals surface area (Å²) in [4.78, 5) is 11.4. The zero-order valence-corrected chi connectivity index (χ0v) is 9.30. The van der Waals surface area contributed by atoms with Crippen LogP contribution in [0, 0.1) is 5.82 Å². The van der Waals surface area contributed by atoms with E-state index in [9.17, 15) is 13.6 Å². The molecule has 0 N–H and O–H groups in total. The van der Waals surface area contributed by atoms with Crippen molar-refractivity contribution in [3.8, 4) is 0 Å². The number of benzene rings is 1. The lowest BCUT2D eigenvalue weighted by Gasteiger charge is -2.13. The molecule has 88 valence electrons. The van der Waals surface area contributed by atoms with Gasteiger partial charge in [0.2, 0.25) is 0 Å². The van der Waals surface area contributed by atoms with Crippen molar-refractivity contribution in [2.45, 2.75) is 25.9 Å². The second kappa shape index (κ2) is 5.05. The molecule has 0 spiro atoms. The molecule has 0 saturated heterocycles. The Kier molecular flexibility index (Phi) is 3.99. The van der Waals surface area contributed by atoms with E-state index in [4.69, 9.17) is 4.74 Å². The molecule has 1 aromatic carbocycles. The molecule has 0 aliphatic rings. The number of alkyl halides is 1.